The number of hydrogen-bond donors (Lipinski definition) is 0. The van der Waals surface area contributed by atoms with Crippen LogP contribution in [0.3, 0.4) is 0 Å². The van der Waals surface area contributed by atoms with Crippen LogP contribution in [0, 0.1) is 0 Å². The lowest BCUT2D eigenvalue weighted by Gasteiger charge is -2.22. The van der Waals surface area contributed by atoms with Crippen molar-refractivity contribution in [2.75, 3.05) is 13.2 Å². The first kappa shape index (κ1) is 10.8. The van der Waals surface area contributed by atoms with E-state index in [-0.39, 0.29) is 26.1 Å². The Balaban J connectivity index is 2.80. The Bertz CT molecular complexity index is 263. The summed E-state index contributed by atoms with van der Waals surface area (Å²) in [6.07, 6.45) is -0.135. The van der Waals surface area contributed by atoms with Gasteiger partial charge >= 0.3 is 5.51 Å². The highest BCUT2D eigenvalue weighted by Crippen LogP contribution is 2.31. The fourth-order valence-electron chi connectivity index (χ4n) is 1.18. The van der Waals surface area contributed by atoms with Gasteiger partial charge in [0.05, 0.1) is 5.25 Å². The molecular weight excluding hydrogens is 209 g/mol. The van der Waals surface area contributed by atoms with E-state index in [9.17, 15) is 21.6 Å². The van der Waals surface area contributed by atoms with Crippen LogP contribution in [0.25, 0.3) is 0 Å². The number of hydrogen-bond acceptors (Lipinski definition) is 3. The molecule has 1 aliphatic rings. The highest BCUT2D eigenvalue weighted by Gasteiger charge is 2.50. The predicted molar refractivity (Wildman–Crippen MR) is 38.8 cm³/mol. The van der Waals surface area contributed by atoms with Crippen LogP contribution in [0.15, 0.2) is 0 Å². The maximum Gasteiger partial charge on any atom is 0.497 e. The minimum atomic E-state index is -5.13. The van der Waals surface area contributed by atoms with E-state index in [1.807, 2.05) is 0 Å². The SMILES string of the molecule is O=S(=O)(C1CCOCC1)C(F)(F)F. The molecule has 1 heterocycles. The van der Waals surface area contributed by atoms with Gasteiger partial charge in [0, 0.05) is 13.2 Å². The Morgan fingerprint density at radius 3 is 2.00 bits per heavy atom. The van der Waals surface area contributed by atoms with Gasteiger partial charge in [0.2, 0.25) is 0 Å². The zero-order chi connectivity index (χ0) is 10.1. The van der Waals surface area contributed by atoms with Crippen LogP contribution in [0.5, 0.6) is 0 Å². The van der Waals surface area contributed by atoms with Gasteiger partial charge in [-0.25, -0.2) is 8.42 Å². The first-order valence-corrected chi connectivity index (χ1v) is 5.28. The molecule has 3 nitrogen and oxygen atoms in total. The molecule has 78 valence electrons. The van der Waals surface area contributed by atoms with Gasteiger partial charge in [0.15, 0.2) is 0 Å². The van der Waals surface area contributed by atoms with Crippen molar-refractivity contribution in [3.05, 3.63) is 0 Å². The van der Waals surface area contributed by atoms with Crippen molar-refractivity contribution in [3.8, 4) is 0 Å². The molecular formula is C6H9F3O3S. The Hall–Kier alpha value is -0.300. The Kier molecular flexibility index (Phi) is 2.86. The summed E-state index contributed by atoms with van der Waals surface area (Å²) >= 11 is 0. The summed E-state index contributed by atoms with van der Waals surface area (Å²) in [5, 5.41) is -1.32. The molecule has 0 atom stereocenters. The van der Waals surface area contributed by atoms with Gasteiger partial charge in [-0.05, 0) is 12.8 Å². The van der Waals surface area contributed by atoms with Gasteiger partial charge in [-0.3, -0.25) is 0 Å². The average Bonchev–Trinajstić information content (AvgIpc) is 2.04. The number of alkyl halides is 3. The van der Waals surface area contributed by atoms with E-state index in [0.717, 1.165) is 0 Å². The Morgan fingerprint density at radius 1 is 1.15 bits per heavy atom. The van der Waals surface area contributed by atoms with E-state index >= 15 is 0 Å². The lowest BCUT2D eigenvalue weighted by molar-refractivity contribution is -0.0456. The summed E-state index contributed by atoms with van der Waals surface area (Å²) in [6.45, 7) is 0.167. The molecule has 0 aromatic rings. The summed E-state index contributed by atoms with van der Waals surface area (Å²) in [5.41, 5.74) is -5.13. The van der Waals surface area contributed by atoms with Crippen molar-refractivity contribution in [2.24, 2.45) is 0 Å². The highest BCUT2D eigenvalue weighted by atomic mass is 32.2. The molecule has 0 aliphatic carbocycles. The molecule has 1 aliphatic heterocycles. The number of halogens is 3. The molecule has 0 unspecified atom stereocenters. The fourth-order valence-corrected chi connectivity index (χ4v) is 2.37. The summed E-state index contributed by atoms with van der Waals surface area (Å²) in [5.74, 6) is 0. The van der Waals surface area contributed by atoms with Crippen molar-refractivity contribution >= 4 is 9.84 Å². The summed E-state index contributed by atoms with van der Waals surface area (Å²) in [4.78, 5) is 0. The molecule has 0 amide bonds. The molecule has 1 saturated heterocycles. The minimum absolute atomic E-state index is 0.0676. The summed E-state index contributed by atoms with van der Waals surface area (Å²) in [7, 11) is -4.98. The number of ether oxygens (including phenoxy) is 1. The standard InChI is InChI=1S/C6H9F3O3S/c7-6(8,9)13(10,11)5-1-3-12-4-2-5/h5H,1-4H2. The summed E-state index contributed by atoms with van der Waals surface area (Å²) < 4.78 is 62.4. The van der Waals surface area contributed by atoms with Gasteiger partial charge in [-0.2, -0.15) is 13.2 Å². The second-order valence-corrected chi connectivity index (χ2v) is 5.02. The monoisotopic (exact) mass is 218 g/mol. The average molecular weight is 218 g/mol. The quantitative estimate of drug-likeness (QED) is 0.662. The molecule has 7 heteroatoms. The smallest absolute Gasteiger partial charge is 0.381 e. The van der Waals surface area contributed by atoms with Crippen molar-refractivity contribution < 1.29 is 26.3 Å². The highest BCUT2D eigenvalue weighted by molar-refractivity contribution is 7.92. The molecule has 0 spiro atoms. The zero-order valence-electron chi connectivity index (χ0n) is 6.67. The third-order valence-corrected chi connectivity index (χ3v) is 3.92. The maximum absolute atomic E-state index is 12.0. The zero-order valence-corrected chi connectivity index (χ0v) is 7.49. The molecule has 1 fully saturated rings. The first-order valence-electron chi connectivity index (χ1n) is 3.73. The minimum Gasteiger partial charge on any atom is -0.381 e. The number of sulfone groups is 1. The van der Waals surface area contributed by atoms with Gasteiger partial charge in [0.25, 0.3) is 9.84 Å². The largest absolute Gasteiger partial charge is 0.497 e. The predicted octanol–water partition coefficient (Wildman–Crippen LogP) is 1.10. The van der Waals surface area contributed by atoms with Crippen molar-refractivity contribution in [3.63, 3.8) is 0 Å². The van der Waals surface area contributed by atoms with Crippen LogP contribution >= 0.6 is 0 Å². The third-order valence-electron chi connectivity index (χ3n) is 1.93. The van der Waals surface area contributed by atoms with E-state index in [1.165, 1.54) is 0 Å². The van der Waals surface area contributed by atoms with Gasteiger partial charge < -0.3 is 4.74 Å². The number of rotatable bonds is 1. The van der Waals surface area contributed by atoms with Crippen molar-refractivity contribution in [1.82, 2.24) is 0 Å². The van der Waals surface area contributed by atoms with E-state index in [0.29, 0.717) is 0 Å². The van der Waals surface area contributed by atoms with E-state index in [1.54, 1.807) is 0 Å². The molecule has 0 aromatic carbocycles. The first-order chi connectivity index (χ1) is 5.86. The van der Waals surface area contributed by atoms with Crippen LogP contribution in [-0.4, -0.2) is 32.4 Å². The third kappa shape index (κ3) is 2.14. The molecule has 0 aromatic heterocycles. The normalized spacial score (nSPS) is 21.8. The second-order valence-electron chi connectivity index (χ2n) is 2.80. The maximum atomic E-state index is 12.0. The van der Waals surface area contributed by atoms with E-state index in [2.05, 4.69) is 0 Å². The molecule has 0 saturated carbocycles. The van der Waals surface area contributed by atoms with Crippen molar-refractivity contribution in [1.29, 1.82) is 0 Å². The van der Waals surface area contributed by atoms with E-state index in [4.69, 9.17) is 4.74 Å². The lowest BCUT2D eigenvalue weighted by Crippen LogP contribution is -2.37. The van der Waals surface area contributed by atoms with Crippen molar-refractivity contribution in [2.45, 2.75) is 23.6 Å². The second kappa shape index (κ2) is 3.45. The van der Waals surface area contributed by atoms with Gasteiger partial charge in [0.1, 0.15) is 0 Å². The fraction of sp³-hybridized carbons (Fsp3) is 1.00. The molecule has 13 heavy (non-hydrogen) atoms. The topological polar surface area (TPSA) is 43.4 Å². The van der Waals surface area contributed by atoms with Gasteiger partial charge in [-0.15, -0.1) is 0 Å². The molecule has 0 bridgehead atoms. The molecule has 0 radical (unpaired) electrons. The van der Waals surface area contributed by atoms with Crippen LogP contribution < -0.4 is 0 Å². The lowest BCUT2D eigenvalue weighted by atomic mass is 10.2. The van der Waals surface area contributed by atoms with Crippen LogP contribution in [0.2, 0.25) is 0 Å². The Morgan fingerprint density at radius 2 is 1.62 bits per heavy atom. The van der Waals surface area contributed by atoms with Crippen LogP contribution in [0.1, 0.15) is 12.8 Å². The van der Waals surface area contributed by atoms with Crippen LogP contribution in [0.4, 0.5) is 13.2 Å². The van der Waals surface area contributed by atoms with Gasteiger partial charge in [-0.1, -0.05) is 0 Å². The Labute approximate surface area is 73.8 Å². The summed E-state index contributed by atoms with van der Waals surface area (Å²) in [6, 6.07) is 0. The molecule has 1 rings (SSSR count). The molecule has 0 N–H and O–H groups in total. The van der Waals surface area contributed by atoms with E-state index < -0.39 is 20.6 Å². The van der Waals surface area contributed by atoms with Crippen LogP contribution in [-0.2, 0) is 14.6 Å².